The molecule has 0 saturated carbocycles. The second-order valence-corrected chi connectivity index (χ2v) is 9.27. The van der Waals surface area contributed by atoms with Crippen molar-refractivity contribution in [2.75, 3.05) is 12.9 Å². The van der Waals surface area contributed by atoms with Gasteiger partial charge in [0.15, 0.2) is 9.84 Å². The quantitative estimate of drug-likeness (QED) is 0.535. The number of sulfone groups is 1. The lowest BCUT2D eigenvalue weighted by Gasteiger charge is -2.39. The van der Waals surface area contributed by atoms with Crippen molar-refractivity contribution < 1.29 is 42.7 Å². The summed E-state index contributed by atoms with van der Waals surface area (Å²) in [5.74, 6) is -0.246. The molecule has 168 valence electrons. The normalized spacial score (nSPS) is 26.3. The van der Waals surface area contributed by atoms with Crippen molar-refractivity contribution in [3.05, 3.63) is 48.5 Å². The zero-order valence-electron chi connectivity index (χ0n) is 16.9. The summed E-state index contributed by atoms with van der Waals surface area (Å²) in [4.78, 5) is 11.2. The molecule has 0 unspecified atom stereocenters. The van der Waals surface area contributed by atoms with Crippen LogP contribution in [0.4, 0.5) is 0 Å². The maximum atomic E-state index is 11.6. The van der Waals surface area contributed by atoms with E-state index in [1.165, 1.54) is 19.1 Å². The molecule has 0 aromatic heterocycles. The van der Waals surface area contributed by atoms with Crippen molar-refractivity contribution in [1.29, 1.82) is 0 Å². The van der Waals surface area contributed by atoms with Gasteiger partial charge in [-0.25, -0.2) is 8.42 Å². The summed E-state index contributed by atoms with van der Waals surface area (Å²) in [6.45, 7) is 0.896. The van der Waals surface area contributed by atoms with Crippen LogP contribution in [0.15, 0.2) is 53.4 Å². The number of carbonyl (C=O) groups is 1. The molecule has 0 radical (unpaired) electrons. The Balaban J connectivity index is 1.70. The molecule has 10 heteroatoms. The van der Waals surface area contributed by atoms with Crippen molar-refractivity contribution in [3.8, 4) is 16.9 Å². The molecule has 0 amide bonds. The smallest absolute Gasteiger partial charge is 0.302 e. The van der Waals surface area contributed by atoms with Gasteiger partial charge in [0.2, 0.25) is 6.29 Å². The van der Waals surface area contributed by atoms with E-state index in [1.54, 1.807) is 36.4 Å². The fourth-order valence-corrected chi connectivity index (χ4v) is 3.74. The highest BCUT2D eigenvalue weighted by Gasteiger charge is 2.45. The van der Waals surface area contributed by atoms with Crippen LogP contribution >= 0.6 is 0 Å². The van der Waals surface area contributed by atoms with Crippen LogP contribution in [-0.4, -0.2) is 73.3 Å². The van der Waals surface area contributed by atoms with Crippen LogP contribution < -0.4 is 4.74 Å². The Bertz CT molecular complexity index is 1000. The van der Waals surface area contributed by atoms with Crippen LogP contribution in [-0.2, 0) is 24.1 Å². The van der Waals surface area contributed by atoms with E-state index in [2.05, 4.69) is 0 Å². The fourth-order valence-electron chi connectivity index (χ4n) is 3.11. The lowest BCUT2D eigenvalue weighted by atomic mass is 9.99. The summed E-state index contributed by atoms with van der Waals surface area (Å²) in [5, 5.41) is 30.2. The second-order valence-electron chi connectivity index (χ2n) is 7.26. The molecule has 1 aliphatic heterocycles. The van der Waals surface area contributed by atoms with Gasteiger partial charge in [0, 0.05) is 13.2 Å². The Kier molecular flexibility index (Phi) is 6.97. The maximum Gasteiger partial charge on any atom is 0.302 e. The Morgan fingerprint density at radius 1 is 0.935 bits per heavy atom. The Hall–Kier alpha value is -2.50. The lowest BCUT2D eigenvalue weighted by Crippen LogP contribution is -2.60. The topological polar surface area (TPSA) is 140 Å². The molecular weight excluding hydrogens is 428 g/mol. The van der Waals surface area contributed by atoms with Crippen molar-refractivity contribution in [1.82, 2.24) is 0 Å². The van der Waals surface area contributed by atoms with Gasteiger partial charge in [-0.15, -0.1) is 0 Å². The average molecular weight is 452 g/mol. The third-order valence-corrected chi connectivity index (χ3v) is 5.97. The van der Waals surface area contributed by atoms with Gasteiger partial charge in [0.25, 0.3) is 0 Å². The van der Waals surface area contributed by atoms with Gasteiger partial charge in [0.05, 0.1) is 4.90 Å². The predicted molar refractivity (Wildman–Crippen MR) is 109 cm³/mol. The highest BCUT2D eigenvalue weighted by Crippen LogP contribution is 2.27. The summed E-state index contributed by atoms with van der Waals surface area (Å²) in [6.07, 6.45) is -5.74. The van der Waals surface area contributed by atoms with Crippen molar-refractivity contribution >= 4 is 15.8 Å². The highest BCUT2D eigenvalue weighted by atomic mass is 32.2. The van der Waals surface area contributed by atoms with E-state index in [0.29, 0.717) is 5.75 Å². The summed E-state index contributed by atoms with van der Waals surface area (Å²) in [7, 11) is -3.28. The summed E-state index contributed by atoms with van der Waals surface area (Å²) in [5.41, 5.74) is 1.61. The molecule has 31 heavy (non-hydrogen) atoms. The molecule has 1 aliphatic rings. The monoisotopic (exact) mass is 452 g/mol. The van der Waals surface area contributed by atoms with Crippen molar-refractivity contribution in [2.45, 2.75) is 42.5 Å². The van der Waals surface area contributed by atoms with Crippen LogP contribution in [0.3, 0.4) is 0 Å². The van der Waals surface area contributed by atoms with E-state index in [-0.39, 0.29) is 11.5 Å². The predicted octanol–water partition coefficient (Wildman–Crippen LogP) is 0.507. The SMILES string of the molecule is CC(=O)OC[C@H]1O[C@H](Oc2ccc(-c3ccc(S(C)(=O)=O)cc3)cc2)[C@@H](O)[C@@H](O)[C@@H]1O. The number of carbonyl (C=O) groups excluding carboxylic acids is 1. The first-order chi connectivity index (χ1) is 14.6. The van der Waals surface area contributed by atoms with Gasteiger partial charge < -0.3 is 29.5 Å². The lowest BCUT2D eigenvalue weighted by molar-refractivity contribution is -0.278. The summed E-state index contributed by atoms with van der Waals surface area (Å²) >= 11 is 0. The second kappa shape index (κ2) is 9.33. The minimum Gasteiger partial charge on any atom is -0.463 e. The van der Waals surface area contributed by atoms with E-state index in [9.17, 15) is 28.5 Å². The zero-order valence-corrected chi connectivity index (χ0v) is 17.7. The van der Waals surface area contributed by atoms with E-state index in [4.69, 9.17) is 14.2 Å². The molecule has 5 atom stereocenters. The number of hydrogen-bond acceptors (Lipinski definition) is 9. The number of hydrogen-bond donors (Lipinski definition) is 3. The summed E-state index contributed by atoms with van der Waals surface area (Å²) in [6, 6.07) is 13.1. The van der Waals surface area contributed by atoms with E-state index >= 15 is 0 Å². The first-order valence-corrected chi connectivity index (χ1v) is 11.4. The van der Waals surface area contributed by atoms with Crippen LogP contribution in [0.25, 0.3) is 11.1 Å². The molecule has 9 nitrogen and oxygen atoms in total. The van der Waals surface area contributed by atoms with Crippen molar-refractivity contribution in [2.24, 2.45) is 0 Å². The number of benzene rings is 2. The van der Waals surface area contributed by atoms with Crippen LogP contribution in [0, 0.1) is 0 Å². The third kappa shape index (κ3) is 5.60. The zero-order chi connectivity index (χ0) is 22.8. The van der Waals surface area contributed by atoms with E-state index < -0.39 is 46.5 Å². The van der Waals surface area contributed by atoms with Gasteiger partial charge in [-0.1, -0.05) is 24.3 Å². The number of rotatable bonds is 6. The van der Waals surface area contributed by atoms with Gasteiger partial charge >= 0.3 is 5.97 Å². The number of ether oxygens (including phenoxy) is 3. The molecule has 2 aromatic carbocycles. The molecule has 1 heterocycles. The molecule has 0 aliphatic carbocycles. The van der Waals surface area contributed by atoms with E-state index in [1.807, 2.05) is 0 Å². The molecule has 1 fully saturated rings. The minimum atomic E-state index is -3.28. The Morgan fingerprint density at radius 3 is 2.00 bits per heavy atom. The average Bonchev–Trinajstić information content (AvgIpc) is 2.73. The minimum absolute atomic E-state index is 0.226. The molecule has 3 rings (SSSR count). The maximum absolute atomic E-state index is 11.6. The number of esters is 1. The summed E-state index contributed by atoms with van der Waals surface area (Å²) < 4.78 is 39.1. The van der Waals surface area contributed by atoms with Gasteiger partial charge in [-0.3, -0.25) is 4.79 Å². The molecule has 1 saturated heterocycles. The first-order valence-electron chi connectivity index (χ1n) is 9.46. The van der Waals surface area contributed by atoms with Crippen LogP contribution in [0.1, 0.15) is 6.92 Å². The molecule has 2 aromatic rings. The van der Waals surface area contributed by atoms with E-state index in [0.717, 1.165) is 17.4 Å². The number of aliphatic hydroxyl groups excluding tert-OH is 3. The van der Waals surface area contributed by atoms with Crippen LogP contribution in [0.2, 0.25) is 0 Å². The molecule has 0 bridgehead atoms. The first kappa shape index (κ1) is 23.2. The van der Waals surface area contributed by atoms with Gasteiger partial charge in [0.1, 0.15) is 36.8 Å². The van der Waals surface area contributed by atoms with Crippen LogP contribution in [0.5, 0.6) is 5.75 Å². The molecular formula is C21H24O9S. The number of aliphatic hydroxyl groups is 3. The fraction of sp³-hybridized carbons (Fsp3) is 0.381. The molecule has 3 N–H and O–H groups in total. The third-order valence-electron chi connectivity index (χ3n) is 4.84. The Labute approximate surface area is 179 Å². The van der Waals surface area contributed by atoms with Gasteiger partial charge in [-0.2, -0.15) is 0 Å². The van der Waals surface area contributed by atoms with Gasteiger partial charge in [-0.05, 0) is 35.4 Å². The Morgan fingerprint density at radius 2 is 1.48 bits per heavy atom. The largest absolute Gasteiger partial charge is 0.463 e. The highest BCUT2D eigenvalue weighted by molar-refractivity contribution is 7.90. The molecule has 0 spiro atoms. The standard InChI is InChI=1S/C21H24O9S/c1-12(22)28-11-17-18(23)19(24)20(25)21(30-17)29-15-7-3-13(4-8-15)14-5-9-16(10-6-14)31(2,26)27/h3-10,17-21,23-25H,11H2,1-2H3/t17-,18-,19+,20+,21+/m1/s1. The van der Waals surface area contributed by atoms with Crippen molar-refractivity contribution in [3.63, 3.8) is 0 Å².